The molecule has 0 saturated heterocycles. The van der Waals surface area contributed by atoms with Crippen molar-refractivity contribution in [3.05, 3.63) is 22.7 Å². The molecule has 0 spiro atoms. The van der Waals surface area contributed by atoms with E-state index >= 15 is 0 Å². The van der Waals surface area contributed by atoms with Crippen molar-refractivity contribution in [1.82, 2.24) is 0 Å². The highest BCUT2D eigenvalue weighted by molar-refractivity contribution is 9.10. The van der Waals surface area contributed by atoms with Crippen LogP contribution in [0.5, 0.6) is 0 Å². The fraction of sp³-hybridized carbons (Fsp3) is 0.462. The van der Waals surface area contributed by atoms with E-state index in [1.807, 2.05) is 29.0 Å². The van der Waals surface area contributed by atoms with Crippen molar-refractivity contribution >= 4 is 33.2 Å². The minimum atomic E-state index is 0.187. The molecule has 1 aliphatic rings. The van der Waals surface area contributed by atoms with Crippen LogP contribution in [-0.4, -0.2) is 26.0 Å². The number of rotatable bonds is 3. The number of likely N-dealkylation sites (N-methyl/N-ethyl adjacent to an activating group) is 1. The van der Waals surface area contributed by atoms with Crippen LogP contribution in [0.3, 0.4) is 0 Å². The highest BCUT2D eigenvalue weighted by Crippen LogP contribution is 2.35. The van der Waals surface area contributed by atoms with E-state index in [-0.39, 0.29) is 5.91 Å². The molecule has 3 nitrogen and oxygen atoms in total. The SMILES string of the molecule is CCCCN1C(=O)CN(C)c2ccc(Br)cc21. The van der Waals surface area contributed by atoms with Crippen LogP contribution in [-0.2, 0) is 4.79 Å². The molecule has 0 fully saturated rings. The van der Waals surface area contributed by atoms with Crippen LogP contribution < -0.4 is 9.80 Å². The zero-order valence-corrected chi connectivity index (χ0v) is 11.8. The third kappa shape index (κ3) is 2.46. The van der Waals surface area contributed by atoms with Crippen LogP contribution in [0.25, 0.3) is 0 Å². The first kappa shape index (κ1) is 12.4. The summed E-state index contributed by atoms with van der Waals surface area (Å²) in [7, 11) is 1.96. The molecule has 1 heterocycles. The van der Waals surface area contributed by atoms with Gasteiger partial charge >= 0.3 is 0 Å². The summed E-state index contributed by atoms with van der Waals surface area (Å²) in [4.78, 5) is 16.0. The quantitative estimate of drug-likeness (QED) is 0.856. The average Bonchev–Trinajstić information content (AvgIpc) is 2.28. The Bertz CT molecular complexity index is 433. The third-order valence-electron chi connectivity index (χ3n) is 3.05. The number of fused-ring (bicyclic) bond motifs is 1. The first-order chi connectivity index (χ1) is 8.13. The number of benzene rings is 1. The van der Waals surface area contributed by atoms with Gasteiger partial charge in [0, 0.05) is 18.1 Å². The highest BCUT2D eigenvalue weighted by atomic mass is 79.9. The summed E-state index contributed by atoms with van der Waals surface area (Å²) in [5.41, 5.74) is 2.15. The van der Waals surface area contributed by atoms with E-state index in [0.29, 0.717) is 6.54 Å². The molecular formula is C13H17BrN2O. The molecule has 4 heteroatoms. The highest BCUT2D eigenvalue weighted by Gasteiger charge is 2.26. The smallest absolute Gasteiger partial charge is 0.246 e. The van der Waals surface area contributed by atoms with Gasteiger partial charge < -0.3 is 9.80 Å². The number of carbonyl (C=O) groups is 1. The van der Waals surface area contributed by atoms with E-state index < -0.39 is 0 Å². The molecule has 92 valence electrons. The summed E-state index contributed by atoms with van der Waals surface area (Å²) in [6.07, 6.45) is 2.14. The van der Waals surface area contributed by atoms with Gasteiger partial charge in [-0.1, -0.05) is 29.3 Å². The van der Waals surface area contributed by atoms with Gasteiger partial charge in [-0.05, 0) is 24.6 Å². The first-order valence-electron chi connectivity index (χ1n) is 5.94. The second-order valence-electron chi connectivity index (χ2n) is 4.39. The minimum absolute atomic E-state index is 0.187. The zero-order valence-electron chi connectivity index (χ0n) is 10.2. The maximum Gasteiger partial charge on any atom is 0.246 e. The van der Waals surface area contributed by atoms with Crippen LogP contribution in [0.4, 0.5) is 11.4 Å². The van der Waals surface area contributed by atoms with Crippen molar-refractivity contribution < 1.29 is 4.79 Å². The fourth-order valence-corrected chi connectivity index (χ4v) is 2.45. The molecule has 2 rings (SSSR count). The van der Waals surface area contributed by atoms with Gasteiger partial charge in [-0.15, -0.1) is 0 Å². The van der Waals surface area contributed by atoms with E-state index in [1.54, 1.807) is 0 Å². The number of hydrogen-bond donors (Lipinski definition) is 0. The van der Waals surface area contributed by atoms with Gasteiger partial charge in [-0.2, -0.15) is 0 Å². The van der Waals surface area contributed by atoms with Crippen LogP contribution in [0.1, 0.15) is 19.8 Å². The van der Waals surface area contributed by atoms with E-state index in [1.165, 1.54) is 0 Å². The average molecular weight is 297 g/mol. The Hall–Kier alpha value is -1.03. The van der Waals surface area contributed by atoms with Gasteiger partial charge in [0.05, 0.1) is 17.9 Å². The summed E-state index contributed by atoms with van der Waals surface area (Å²) in [5.74, 6) is 0.187. The predicted molar refractivity (Wildman–Crippen MR) is 74.7 cm³/mol. The molecule has 1 aromatic carbocycles. The molecule has 0 radical (unpaired) electrons. The van der Waals surface area contributed by atoms with Gasteiger partial charge in [0.2, 0.25) is 5.91 Å². The lowest BCUT2D eigenvalue weighted by molar-refractivity contribution is -0.117. The second-order valence-corrected chi connectivity index (χ2v) is 5.30. The number of carbonyl (C=O) groups excluding carboxylic acids is 1. The molecule has 0 aromatic heterocycles. The summed E-state index contributed by atoms with van der Waals surface area (Å²) in [5, 5.41) is 0. The van der Waals surface area contributed by atoms with E-state index in [9.17, 15) is 4.79 Å². The van der Waals surface area contributed by atoms with Crippen molar-refractivity contribution in [3.63, 3.8) is 0 Å². The Kier molecular flexibility index (Phi) is 3.72. The van der Waals surface area contributed by atoms with Gasteiger partial charge in [-0.3, -0.25) is 4.79 Å². The Balaban J connectivity index is 2.37. The Morgan fingerprint density at radius 3 is 2.82 bits per heavy atom. The normalized spacial score (nSPS) is 15.1. The standard InChI is InChI=1S/C13H17BrN2O/c1-3-4-7-16-12-8-10(14)5-6-11(12)15(2)9-13(16)17/h5-6,8H,3-4,7,9H2,1-2H3. The Morgan fingerprint density at radius 1 is 1.35 bits per heavy atom. The van der Waals surface area contributed by atoms with E-state index in [4.69, 9.17) is 0 Å². The predicted octanol–water partition coefficient (Wildman–Crippen LogP) is 3.03. The van der Waals surface area contributed by atoms with Crippen LogP contribution in [0.2, 0.25) is 0 Å². The number of amides is 1. The van der Waals surface area contributed by atoms with E-state index in [2.05, 4.69) is 28.9 Å². The fourth-order valence-electron chi connectivity index (χ4n) is 2.10. The lowest BCUT2D eigenvalue weighted by atomic mass is 10.1. The van der Waals surface area contributed by atoms with Gasteiger partial charge in [0.1, 0.15) is 0 Å². The van der Waals surface area contributed by atoms with Crippen LogP contribution in [0, 0.1) is 0 Å². The molecule has 0 bridgehead atoms. The Morgan fingerprint density at radius 2 is 2.12 bits per heavy atom. The second kappa shape index (κ2) is 5.08. The lowest BCUT2D eigenvalue weighted by Crippen LogP contribution is -2.44. The Labute approximate surface area is 111 Å². The molecule has 0 N–H and O–H groups in total. The van der Waals surface area contributed by atoms with Gasteiger partial charge in [-0.25, -0.2) is 0 Å². The van der Waals surface area contributed by atoms with Crippen molar-refractivity contribution in [2.75, 3.05) is 29.9 Å². The van der Waals surface area contributed by atoms with Gasteiger partial charge in [0.25, 0.3) is 0 Å². The third-order valence-corrected chi connectivity index (χ3v) is 3.54. The maximum atomic E-state index is 12.1. The number of nitrogens with zero attached hydrogens (tertiary/aromatic N) is 2. The van der Waals surface area contributed by atoms with Crippen LogP contribution >= 0.6 is 15.9 Å². The minimum Gasteiger partial charge on any atom is -0.364 e. The molecule has 0 saturated carbocycles. The number of unbranched alkanes of at least 4 members (excludes halogenated alkanes) is 1. The molecule has 0 unspecified atom stereocenters. The van der Waals surface area contributed by atoms with Crippen LogP contribution in [0.15, 0.2) is 22.7 Å². The van der Waals surface area contributed by atoms with Crippen molar-refractivity contribution in [2.45, 2.75) is 19.8 Å². The zero-order chi connectivity index (χ0) is 12.4. The molecule has 0 aliphatic carbocycles. The first-order valence-corrected chi connectivity index (χ1v) is 6.74. The molecule has 1 amide bonds. The summed E-state index contributed by atoms with van der Waals surface area (Å²) in [6, 6.07) is 6.10. The van der Waals surface area contributed by atoms with Crippen molar-refractivity contribution in [1.29, 1.82) is 0 Å². The largest absolute Gasteiger partial charge is 0.364 e. The molecule has 0 atom stereocenters. The summed E-state index contributed by atoms with van der Waals surface area (Å²) in [6.45, 7) is 3.42. The van der Waals surface area contributed by atoms with Crippen molar-refractivity contribution in [2.24, 2.45) is 0 Å². The number of halogens is 1. The van der Waals surface area contributed by atoms with Gasteiger partial charge in [0.15, 0.2) is 0 Å². The topological polar surface area (TPSA) is 23.6 Å². The number of anilines is 2. The maximum absolute atomic E-state index is 12.1. The molecule has 17 heavy (non-hydrogen) atoms. The summed E-state index contributed by atoms with van der Waals surface area (Å²) < 4.78 is 1.01. The molecular weight excluding hydrogens is 280 g/mol. The molecule has 1 aromatic rings. The lowest BCUT2D eigenvalue weighted by Gasteiger charge is -2.35. The molecule has 1 aliphatic heterocycles. The monoisotopic (exact) mass is 296 g/mol. The summed E-state index contributed by atoms with van der Waals surface area (Å²) >= 11 is 3.47. The van der Waals surface area contributed by atoms with Crippen molar-refractivity contribution in [3.8, 4) is 0 Å². The van der Waals surface area contributed by atoms with E-state index in [0.717, 1.165) is 35.2 Å². The number of hydrogen-bond acceptors (Lipinski definition) is 2.